The van der Waals surface area contributed by atoms with E-state index in [1.807, 2.05) is 0 Å². The van der Waals surface area contributed by atoms with Crippen molar-refractivity contribution in [1.82, 2.24) is 15.0 Å². The van der Waals surface area contributed by atoms with Crippen LogP contribution in [0.1, 0.15) is 10.4 Å². The molecular formula is C9H3F6N3O. The molecule has 0 bridgehead atoms. The average molecular weight is 283 g/mol. The maximum absolute atomic E-state index is 12.4. The molecule has 1 aromatic heterocycles. The SMILES string of the molecule is O=C(n1nnc2cc(C(F)(F)F)ccc21)C(F)(F)F. The topological polar surface area (TPSA) is 47.8 Å². The van der Waals surface area contributed by atoms with Gasteiger partial charge >= 0.3 is 18.3 Å². The third kappa shape index (κ3) is 2.37. The number of hydrogen-bond donors (Lipinski definition) is 0. The van der Waals surface area contributed by atoms with Crippen LogP contribution in [0.25, 0.3) is 11.0 Å². The van der Waals surface area contributed by atoms with Gasteiger partial charge in [-0.3, -0.25) is 4.79 Å². The molecule has 0 radical (unpaired) electrons. The molecule has 0 amide bonds. The summed E-state index contributed by atoms with van der Waals surface area (Å²) in [7, 11) is 0. The molecule has 10 heteroatoms. The lowest BCUT2D eigenvalue weighted by Gasteiger charge is -2.06. The Labute approximate surface area is 100 Å². The van der Waals surface area contributed by atoms with E-state index in [2.05, 4.69) is 10.3 Å². The lowest BCUT2D eigenvalue weighted by molar-refractivity contribution is -0.137. The minimum atomic E-state index is -5.19. The van der Waals surface area contributed by atoms with Crippen LogP contribution >= 0.6 is 0 Å². The van der Waals surface area contributed by atoms with Crippen LogP contribution in [0.2, 0.25) is 0 Å². The molecule has 4 nitrogen and oxygen atoms in total. The molecule has 0 aliphatic heterocycles. The van der Waals surface area contributed by atoms with Crippen LogP contribution in [-0.4, -0.2) is 27.1 Å². The molecule has 0 aliphatic rings. The van der Waals surface area contributed by atoms with Gasteiger partial charge in [-0.1, -0.05) is 5.21 Å². The molecule has 102 valence electrons. The van der Waals surface area contributed by atoms with Crippen molar-refractivity contribution < 1.29 is 31.1 Å². The number of fused-ring (bicyclic) bond motifs is 1. The lowest BCUT2D eigenvalue weighted by Crippen LogP contribution is -2.29. The highest BCUT2D eigenvalue weighted by atomic mass is 19.4. The Balaban J connectivity index is 2.55. The van der Waals surface area contributed by atoms with Gasteiger partial charge in [-0.2, -0.15) is 31.0 Å². The zero-order valence-electron chi connectivity index (χ0n) is 8.75. The third-order valence-electron chi connectivity index (χ3n) is 2.21. The van der Waals surface area contributed by atoms with E-state index in [4.69, 9.17) is 0 Å². The molecular weight excluding hydrogens is 280 g/mol. The Bertz CT molecular complexity index is 641. The summed E-state index contributed by atoms with van der Waals surface area (Å²) in [5.74, 6) is -2.32. The first-order valence-electron chi connectivity index (χ1n) is 4.65. The van der Waals surface area contributed by atoms with E-state index in [9.17, 15) is 31.1 Å². The highest BCUT2D eigenvalue weighted by Crippen LogP contribution is 2.31. The monoisotopic (exact) mass is 283 g/mol. The van der Waals surface area contributed by atoms with E-state index in [-0.39, 0.29) is 4.68 Å². The Morgan fingerprint density at radius 2 is 1.74 bits per heavy atom. The largest absolute Gasteiger partial charge is 0.473 e. The molecule has 0 fully saturated rings. The molecule has 0 saturated carbocycles. The zero-order valence-corrected chi connectivity index (χ0v) is 8.75. The van der Waals surface area contributed by atoms with Gasteiger partial charge in [-0.05, 0) is 18.2 Å². The first-order chi connectivity index (χ1) is 8.60. The van der Waals surface area contributed by atoms with Gasteiger partial charge in [0.25, 0.3) is 0 Å². The van der Waals surface area contributed by atoms with Crippen LogP contribution in [-0.2, 0) is 6.18 Å². The normalized spacial score (nSPS) is 12.9. The van der Waals surface area contributed by atoms with E-state index in [1.54, 1.807) is 0 Å². The van der Waals surface area contributed by atoms with Gasteiger partial charge in [-0.25, -0.2) is 0 Å². The van der Waals surface area contributed by atoms with Gasteiger partial charge in [-0.15, -0.1) is 5.10 Å². The fourth-order valence-corrected chi connectivity index (χ4v) is 1.37. The minimum Gasteiger partial charge on any atom is -0.262 e. The van der Waals surface area contributed by atoms with Crippen LogP contribution in [0.5, 0.6) is 0 Å². The van der Waals surface area contributed by atoms with E-state index < -0.39 is 34.9 Å². The molecule has 19 heavy (non-hydrogen) atoms. The highest BCUT2D eigenvalue weighted by Gasteiger charge is 2.42. The Morgan fingerprint density at radius 1 is 1.11 bits per heavy atom. The van der Waals surface area contributed by atoms with Gasteiger partial charge in [0, 0.05) is 0 Å². The summed E-state index contributed by atoms with van der Waals surface area (Å²) < 4.78 is 73.6. The smallest absolute Gasteiger partial charge is 0.262 e. The van der Waals surface area contributed by atoms with E-state index in [0.717, 1.165) is 0 Å². The Morgan fingerprint density at radius 3 is 2.26 bits per heavy atom. The molecule has 0 N–H and O–H groups in total. The van der Waals surface area contributed by atoms with E-state index >= 15 is 0 Å². The Hall–Kier alpha value is -2.13. The fourth-order valence-electron chi connectivity index (χ4n) is 1.37. The zero-order chi connectivity index (χ0) is 14.4. The number of alkyl halides is 6. The second-order valence-corrected chi connectivity index (χ2v) is 3.51. The number of nitrogens with zero attached hydrogens (tertiary/aromatic N) is 3. The van der Waals surface area contributed by atoms with Crippen molar-refractivity contribution in [1.29, 1.82) is 0 Å². The summed E-state index contributed by atoms with van der Waals surface area (Å²) in [5, 5.41) is 6.03. The third-order valence-corrected chi connectivity index (χ3v) is 2.21. The van der Waals surface area contributed by atoms with Crippen molar-refractivity contribution >= 4 is 16.9 Å². The molecule has 0 spiro atoms. The Kier molecular flexibility index (Phi) is 2.75. The van der Waals surface area contributed by atoms with E-state index in [0.29, 0.717) is 18.2 Å². The van der Waals surface area contributed by atoms with Gasteiger partial charge in [0.05, 0.1) is 11.1 Å². The number of benzene rings is 1. The standard InChI is InChI=1S/C9H3F6N3O/c10-8(11,12)4-1-2-6-5(3-4)16-17-18(6)7(19)9(13,14)15/h1-3H. The minimum absolute atomic E-state index is 0.0878. The number of rotatable bonds is 0. The number of carbonyl (C=O) groups excluding carboxylic acids is 1. The fraction of sp³-hybridized carbons (Fsp3) is 0.222. The second-order valence-electron chi connectivity index (χ2n) is 3.51. The summed E-state index contributed by atoms with van der Waals surface area (Å²) in [6.07, 6.45) is -9.85. The van der Waals surface area contributed by atoms with Gasteiger partial charge in [0.15, 0.2) is 0 Å². The summed E-state index contributed by atoms with van der Waals surface area (Å²) in [4.78, 5) is 10.9. The molecule has 2 aromatic rings. The molecule has 0 saturated heterocycles. The second kappa shape index (κ2) is 3.93. The van der Waals surface area contributed by atoms with Crippen molar-refractivity contribution in [3.63, 3.8) is 0 Å². The summed E-state index contributed by atoms with van der Waals surface area (Å²) >= 11 is 0. The molecule has 2 rings (SSSR count). The molecule has 0 atom stereocenters. The van der Waals surface area contributed by atoms with Crippen LogP contribution in [0.3, 0.4) is 0 Å². The van der Waals surface area contributed by atoms with Crippen molar-refractivity contribution in [3.05, 3.63) is 23.8 Å². The summed E-state index contributed by atoms with van der Waals surface area (Å²) in [6, 6.07) is 1.77. The van der Waals surface area contributed by atoms with Crippen molar-refractivity contribution in [2.45, 2.75) is 12.4 Å². The average Bonchev–Trinajstić information content (AvgIpc) is 2.67. The van der Waals surface area contributed by atoms with Crippen molar-refractivity contribution in [3.8, 4) is 0 Å². The lowest BCUT2D eigenvalue weighted by atomic mass is 10.2. The highest BCUT2D eigenvalue weighted by molar-refractivity contribution is 5.92. The molecule has 0 unspecified atom stereocenters. The van der Waals surface area contributed by atoms with Crippen molar-refractivity contribution in [2.24, 2.45) is 0 Å². The van der Waals surface area contributed by atoms with Crippen LogP contribution in [0.15, 0.2) is 18.2 Å². The van der Waals surface area contributed by atoms with Gasteiger partial charge in [0.1, 0.15) is 5.52 Å². The first kappa shape index (κ1) is 13.3. The van der Waals surface area contributed by atoms with E-state index in [1.165, 1.54) is 0 Å². The molecule has 1 aromatic carbocycles. The summed E-state index contributed by atoms with van der Waals surface area (Å²) in [5.41, 5.74) is -1.99. The quantitative estimate of drug-likeness (QED) is 0.698. The van der Waals surface area contributed by atoms with Crippen LogP contribution < -0.4 is 0 Å². The summed E-state index contributed by atoms with van der Waals surface area (Å²) in [6.45, 7) is 0. The predicted molar refractivity (Wildman–Crippen MR) is 49.2 cm³/mol. The van der Waals surface area contributed by atoms with Gasteiger partial charge < -0.3 is 0 Å². The maximum atomic E-state index is 12.4. The number of carbonyl (C=O) groups is 1. The van der Waals surface area contributed by atoms with Gasteiger partial charge in [0.2, 0.25) is 0 Å². The van der Waals surface area contributed by atoms with Crippen molar-refractivity contribution in [2.75, 3.05) is 0 Å². The number of halogens is 6. The van der Waals surface area contributed by atoms with Crippen LogP contribution in [0.4, 0.5) is 26.3 Å². The first-order valence-corrected chi connectivity index (χ1v) is 4.65. The molecule has 1 heterocycles. The molecule has 0 aliphatic carbocycles. The maximum Gasteiger partial charge on any atom is 0.473 e. The number of hydrogen-bond acceptors (Lipinski definition) is 3. The van der Waals surface area contributed by atoms with Crippen LogP contribution in [0, 0.1) is 0 Å². The predicted octanol–water partition coefficient (Wildman–Crippen LogP) is 2.65. The number of aromatic nitrogens is 3.